The number of anilines is 2. The fourth-order valence-electron chi connectivity index (χ4n) is 2.68. The van der Waals surface area contributed by atoms with Crippen molar-refractivity contribution in [3.63, 3.8) is 0 Å². The Kier molecular flexibility index (Phi) is 7.32. The summed E-state index contributed by atoms with van der Waals surface area (Å²) in [5.41, 5.74) is 1.58. The molecule has 7 nitrogen and oxygen atoms in total. The summed E-state index contributed by atoms with van der Waals surface area (Å²) in [5.74, 6) is -0.608. The molecule has 0 atom stereocenters. The monoisotopic (exact) mass is 477 g/mol. The molecular weight excluding hydrogens is 458 g/mol. The van der Waals surface area contributed by atoms with Crippen LogP contribution in [0.2, 0.25) is 5.02 Å². The third kappa shape index (κ3) is 6.30. The van der Waals surface area contributed by atoms with Crippen molar-refractivity contribution < 1.29 is 18.0 Å². The van der Waals surface area contributed by atoms with Gasteiger partial charge in [-0.15, -0.1) is 11.3 Å². The first-order chi connectivity index (χ1) is 14.7. The molecule has 10 heteroatoms. The van der Waals surface area contributed by atoms with E-state index in [1.54, 1.807) is 60.0 Å². The lowest BCUT2D eigenvalue weighted by atomic mass is 10.1. The number of carbonyl (C=O) groups excluding carboxylic acids is 2. The van der Waals surface area contributed by atoms with Crippen molar-refractivity contribution in [1.29, 1.82) is 0 Å². The van der Waals surface area contributed by atoms with Gasteiger partial charge in [-0.2, -0.15) is 0 Å². The SMILES string of the molecule is CN(CC(=O)Nc1ccccc1Cl)C(=O)Cc1ccc(NS(=O)(=O)c2cccs2)cc1. The number of amides is 2. The molecule has 0 fully saturated rings. The van der Waals surface area contributed by atoms with Crippen LogP contribution in [0.4, 0.5) is 11.4 Å². The number of sulfonamides is 1. The van der Waals surface area contributed by atoms with Crippen LogP contribution in [0, 0.1) is 0 Å². The average molecular weight is 478 g/mol. The number of nitrogens with zero attached hydrogens (tertiary/aromatic N) is 1. The minimum absolute atomic E-state index is 0.0772. The Morgan fingerprint density at radius 1 is 1.03 bits per heavy atom. The highest BCUT2D eigenvalue weighted by molar-refractivity contribution is 7.94. The van der Waals surface area contributed by atoms with E-state index < -0.39 is 10.0 Å². The van der Waals surface area contributed by atoms with Gasteiger partial charge >= 0.3 is 0 Å². The molecule has 0 saturated heterocycles. The highest BCUT2D eigenvalue weighted by Gasteiger charge is 2.16. The van der Waals surface area contributed by atoms with Gasteiger partial charge in [0.05, 0.1) is 23.7 Å². The molecule has 1 heterocycles. The zero-order valence-electron chi connectivity index (χ0n) is 16.5. The molecule has 0 spiro atoms. The number of para-hydroxylation sites is 1. The van der Waals surface area contributed by atoms with Crippen LogP contribution in [0.5, 0.6) is 0 Å². The molecule has 0 saturated carbocycles. The highest BCUT2D eigenvalue weighted by Crippen LogP contribution is 2.21. The zero-order valence-corrected chi connectivity index (χ0v) is 18.9. The smallest absolute Gasteiger partial charge is 0.271 e. The lowest BCUT2D eigenvalue weighted by molar-refractivity contribution is -0.132. The number of halogens is 1. The summed E-state index contributed by atoms with van der Waals surface area (Å²) in [5, 5.41) is 4.78. The fourth-order valence-corrected chi connectivity index (χ4v) is 4.91. The summed E-state index contributed by atoms with van der Waals surface area (Å²) in [6.07, 6.45) is 0.0772. The van der Waals surface area contributed by atoms with Gasteiger partial charge in [0.1, 0.15) is 4.21 Å². The Balaban J connectivity index is 1.54. The molecule has 0 radical (unpaired) electrons. The van der Waals surface area contributed by atoms with Crippen molar-refractivity contribution >= 4 is 56.2 Å². The van der Waals surface area contributed by atoms with Crippen molar-refractivity contribution in [3.05, 3.63) is 76.6 Å². The second-order valence-corrected chi connectivity index (χ2v) is 9.95. The second kappa shape index (κ2) is 9.95. The molecule has 31 heavy (non-hydrogen) atoms. The second-order valence-electron chi connectivity index (χ2n) is 6.69. The summed E-state index contributed by atoms with van der Waals surface area (Å²) < 4.78 is 27.3. The first-order valence-corrected chi connectivity index (χ1v) is 11.9. The Morgan fingerprint density at radius 3 is 2.39 bits per heavy atom. The number of carbonyl (C=O) groups is 2. The van der Waals surface area contributed by atoms with Gasteiger partial charge in [-0.25, -0.2) is 8.42 Å². The molecule has 0 bridgehead atoms. The minimum atomic E-state index is -3.62. The number of hydrogen-bond donors (Lipinski definition) is 2. The van der Waals surface area contributed by atoms with Crippen molar-refractivity contribution in [2.75, 3.05) is 23.6 Å². The van der Waals surface area contributed by atoms with Crippen molar-refractivity contribution in [2.24, 2.45) is 0 Å². The van der Waals surface area contributed by atoms with E-state index in [0.29, 0.717) is 22.0 Å². The molecule has 2 amide bonds. The van der Waals surface area contributed by atoms with E-state index >= 15 is 0 Å². The summed E-state index contributed by atoms with van der Waals surface area (Å²) >= 11 is 7.15. The predicted octanol–water partition coefficient (Wildman–Crippen LogP) is 3.84. The summed E-state index contributed by atoms with van der Waals surface area (Å²) in [4.78, 5) is 25.9. The normalized spacial score (nSPS) is 11.0. The maximum Gasteiger partial charge on any atom is 0.271 e. The van der Waals surface area contributed by atoms with E-state index in [-0.39, 0.29) is 29.0 Å². The van der Waals surface area contributed by atoms with E-state index in [4.69, 9.17) is 11.6 Å². The predicted molar refractivity (Wildman–Crippen MR) is 123 cm³/mol. The molecule has 162 valence electrons. The van der Waals surface area contributed by atoms with E-state index in [1.165, 1.54) is 18.0 Å². The Hall–Kier alpha value is -2.88. The summed E-state index contributed by atoms with van der Waals surface area (Å²) in [6.45, 7) is -0.122. The van der Waals surface area contributed by atoms with Crippen LogP contribution in [-0.2, 0) is 26.0 Å². The molecule has 3 aromatic rings. The lowest BCUT2D eigenvalue weighted by Crippen LogP contribution is -2.35. The molecule has 0 aliphatic carbocycles. The van der Waals surface area contributed by atoms with E-state index in [0.717, 1.165) is 11.3 Å². The largest absolute Gasteiger partial charge is 0.336 e. The van der Waals surface area contributed by atoms with Gasteiger partial charge < -0.3 is 10.2 Å². The van der Waals surface area contributed by atoms with Gasteiger partial charge in [0, 0.05) is 12.7 Å². The number of rotatable bonds is 8. The number of nitrogens with one attached hydrogen (secondary N) is 2. The number of likely N-dealkylation sites (N-methyl/N-ethyl adjacent to an activating group) is 1. The van der Waals surface area contributed by atoms with E-state index in [1.807, 2.05) is 0 Å². The molecule has 0 aliphatic heterocycles. The molecule has 2 N–H and O–H groups in total. The highest BCUT2D eigenvalue weighted by atomic mass is 35.5. The van der Waals surface area contributed by atoms with Crippen LogP contribution in [0.3, 0.4) is 0 Å². The third-order valence-corrected chi connectivity index (χ3v) is 7.38. The number of thiophene rings is 1. The van der Waals surface area contributed by atoms with Crippen LogP contribution in [0.15, 0.2) is 70.3 Å². The molecule has 0 aliphatic rings. The lowest BCUT2D eigenvalue weighted by Gasteiger charge is -2.17. The van der Waals surface area contributed by atoms with Gasteiger partial charge in [0.2, 0.25) is 11.8 Å². The van der Waals surface area contributed by atoms with Crippen LogP contribution in [0.25, 0.3) is 0 Å². The first kappa shape index (κ1) is 22.8. The number of benzene rings is 2. The first-order valence-electron chi connectivity index (χ1n) is 9.18. The van der Waals surface area contributed by atoms with Gasteiger partial charge in [-0.3, -0.25) is 14.3 Å². The molecular formula is C21H20ClN3O4S2. The minimum Gasteiger partial charge on any atom is -0.336 e. The van der Waals surface area contributed by atoms with Crippen LogP contribution < -0.4 is 10.0 Å². The van der Waals surface area contributed by atoms with Crippen molar-refractivity contribution in [1.82, 2.24) is 4.90 Å². The van der Waals surface area contributed by atoms with E-state index in [2.05, 4.69) is 10.0 Å². The Morgan fingerprint density at radius 2 is 1.74 bits per heavy atom. The average Bonchev–Trinajstić information content (AvgIpc) is 3.27. The summed E-state index contributed by atoms with van der Waals surface area (Å²) in [6, 6.07) is 16.6. The maximum absolute atomic E-state index is 12.4. The molecule has 3 rings (SSSR count). The quantitative estimate of drug-likeness (QED) is 0.515. The Bertz CT molecular complexity index is 1160. The van der Waals surface area contributed by atoms with Crippen molar-refractivity contribution in [2.45, 2.75) is 10.6 Å². The number of hydrogen-bond acceptors (Lipinski definition) is 5. The van der Waals surface area contributed by atoms with Gasteiger partial charge in [-0.1, -0.05) is 41.9 Å². The molecule has 2 aromatic carbocycles. The molecule has 1 aromatic heterocycles. The third-order valence-electron chi connectivity index (χ3n) is 4.28. The van der Waals surface area contributed by atoms with Crippen molar-refractivity contribution in [3.8, 4) is 0 Å². The Labute approximate surface area is 189 Å². The van der Waals surface area contributed by atoms with Gasteiger partial charge in [0.15, 0.2) is 0 Å². The maximum atomic E-state index is 12.4. The standard InChI is InChI=1S/C21H20ClN3O4S2/c1-25(14-19(26)23-18-6-3-2-5-17(18)22)20(27)13-15-8-10-16(11-9-15)24-31(28,29)21-7-4-12-30-21/h2-12,24H,13-14H2,1H3,(H,23,26). The zero-order chi connectivity index (χ0) is 22.4. The van der Waals surface area contributed by atoms with Crippen LogP contribution in [0.1, 0.15) is 5.56 Å². The van der Waals surface area contributed by atoms with E-state index in [9.17, 15) is 18.0 Å². The van der Waals surface area contributed by atoms with Crippen LogP contribution in [-0.4, -0.2) is 38.7 Å². The fraction of sp³-hybridized carbons (Fsp3) is 0.143. The van der Waals surface area contributed by atoms with Gasteiger partial charge in [0.25, 0.3) is 10.0 Å². The van der Waals surface area contributed by atoms with Crippen LogP contribution >= 0.6 is 22.9 Å². The topological polar surface area (TPSA) is 95.6 Å². The summed E-state index contributed by atoms with van der Waals surface area (Å²) in [7, 11) is -2.08. The van der Waals surface area contributed by atoms with Gasteiger partial charge in [-0.05, 0) is 41.3 Å². The molecule has 0 unspecified atom stereocenters.